The zero-order chi connectivity index (χ0) is 12.8. The third-order valence-corrected chi connectivity index (χ3v) is 2.25. The van der Waals surface area contributed by atoms with Gasteiger partial charge < -0.3 is 4.74 Å². The lowest BCUT2D eigenvalue weighted by atomic mass is 9.98. The van der Waals surface area contributed by atoms with Crippen LogP contribution in [0.2, 0.25) is 0 Å². The summed E-state index contributed by atoms with van der Waals surface area (Å²) in [5.74, 6) is -2.69. The summed E-state index contributed by atoms with van der Waals surface area (Å²) in [5.41, 5.74) is 1.35. The molecule has 1 aromatic rings. The topological polar surface area (TPSA) is 67.2 Å². The Balaban J connectivity index is 2.91. The quantitative estimate of drug-likeness (QED) is 0.450. The highest BCUT2D eigenvalue weighted by Gasteiger charge is 2.28. The van der Waals surface area contributed by atoms with Gasteiger partial charge in [0.2, 0.25) is 5.92 Å². The first-order valence-electron chi connectivity index (χ1n) is 5.27. The maximum absolute atomic E-state index is 11.9. The normalized spacial score (nSPS) is 11.4. The zero-order valence-corrected chi connectivity index (χ0v) is 9.77. The van der Waals surface area contributed by atoms with Gasteiger partial charge in [0.25, 0.3) is 0 Å². The molecule has 0 spiro atoms. The van der Waals surface area contributed by atoms with Crippen molar-refractivity contribution < 1.29 is 14.3 Å². The molecule has 0 aliphatic carbocycles. The minimum Gasteiger partial charge on any atom is -0.465 e. The number of hydrogen-bond acceptors (Lipinski definition) is 4. The van der Waals surface area contributed by atoms with Gasteiger partial charge in [-0.2, -0.15) is 5.26 Å². The lowest BCUT2D eigenvalue weighted by Gasteiger charge is -2.07. The molecular weight excluding hydrogens is 218 g/mol. The standard InChI is InChI=1S/C13H13NO3/c1-3-17-13(16)11(8-14)12(15)10-6-4-9(2)5-7-10/h4-7,11H,3H2,1-2H3. The van der Waals surface area contributed by atoms with Gasteiger partial charge in [0.15, 0.2) is 5.78 Å². The van der Waals surface area contributed by atoms with Crippen molar-refractivity contribution in [1.82, 2.24) is 0 Å². The van der Waals surface area contributed by atoms with Gasteiger partial charge in [-0.3, -0.25) is 9.59 Å². The van der Waals surface area contributed by atoms with Gasteiger partial charge in [0.05, 0.1) is 12.7 Å². The van der Waals surface area contributed by atoms with Crippen LogP contribution in [0.25, 0.3) is 0 Å². The molecule has 0 heterocycles. The van der Waals surface area contributed by atoms with Crippen LogP contribution in [-0.4, -0.2) is 18.4 Å². The molecule has 1 aromatic carbocycles. The molecule has 4 nitrogen and oxygen atoms in total. The smallest absolute Gasteiger partial charge is 0.331 e. The molecule has 0 bridgehead atoms. The maximum Gasteiger partial charge on any atom is 0.331 e. The van der Waals surface area contributed by atoms with Crippen LogP contribution in [-0.2, 0) is 9.53 Å². The Morgan fingerprint density at radius 1 is 1.35 bits per heavy atom. The first kappa shape index (κ1) is 12.9. The highest BCUT2D eigenvalue weighted by molar-refractivity contribution is 6.10. The van der Waals surface area contributed by atoms with E-state index in [1.54, 1.807) is 37.3 Å². The van der Waals surface area contributed by atoms with Crippen molar-refractivity contribution in [3.8, 4) is 6.07 Å². The van der Waals surface area contributed by atoms with E-state index in [2.05, 4.69) is 4.74 Å². The molecule has 0 amide bonds. The Labute approximate surface area is 99.8 Å². The number of ketones is 1. The highest BCUT2D eigenvalue weighted by atomic mass is 16.5. The van der Waals surface area contributed by atoms with Crippen LogP contribution < -0.4 is 0 Å². The van der Waals surface area contributed by atoms with Gasteiger partial charge >= 0.3 is 5.97 Å². The van der Waals surface area contributed by atoms with E-state index < -0.39 is 17.7 Å². The number of esters is 1. The molecule has 88 valence electrons. The first-order valence-corrected chi connectivity index (χ1v) is 5.27. The Kier molecular flexibility index (Phi) is 4.41. The summed E-state index contributed by atoms with van der Waals surface area (Å²) in [6, 6.07) is 8.39. The monoisotopic (exact) mass is 231 g/mol. The Morgan fingerprint density at radius 2 is 1.94 bits per heavy atom. The van der Waals surface area contributed by atoms with Crippen LogP contribution in [0.1, 0.15) is 22.8 Å². The number of benzene rings is 1. The van der Waals surface area contributed by atoms with Crippen molar-refractivity contribution in [2.75, 3.05) is 6.61 Å². The SMILES string of the molecule is CCOC(=O)C(C#N)C(=O)c1ccc(C)cc1. The second-order valence-electron chi connectivity index (χ2n) is 3.54. The molecule has 17 heavy (non-hydrogen) atoms. The second-order valence-corrected chi connectivity index (χ2v) is 3.54. The van der Waals surface area contributed by atoms with E-state index >= 15 is 0 Å². The Hall–Kier alpha value is -2.15. The number of Topliss-reactive ketones (excluding diaryl/α,β-unsaturated/α-hetero) is 1. The van der Waals surface area contributed by atoms with Gasteiger partial charge in [-0.1, -0.05) is 29.8 Å². The van der Waals surface area contributed by atoms with E-state index in [0.29, 0.717) is 5.56 Å². The Bertz CT molecular complexity index is 457. The van der Waals surface area contributed by atoms with Crippen LogP contribution in [0.4, 0.5) is 0 Å². The number of hydrogen-bond donors (Lipinski definition) is 0. The minimum absolute atomic E-state index is 0.151. The van der Waals surface area contributed by atoms with Gasteiger partial charge in [0, 0.05) is 5.56 Å². The lowest BCUT2D eigenvalue weighted by Crippen LogP contribution is -2.24. The van der Waals surface area contributed by atoms with Gasteiger partial charge in [-0.15, -0.1) is 0 Å². The summed E-state index contributed by atoms with van der Waals surface area (Å²) in [6.07, 6.45) is 0. The Morgan fingerprint density at radius 3 is 2.41 bits per heavy atom. The van der Waals surface area contributed by atoms with Crippen LogP contribution in [0.5, 0.6) is 0 Å². The van der Waals surface area contributed by atoms with Crippen LogP contribution >= 0.6 is 0 Å². The van der Waals surface area contributed by atoms with Crippen molar-refractivity contribution in [3.63, 3.8) is 0 Å². The summed E-state index contributed by atoms with van der Waals surface area (Å²) < 4.78 is 4.68. The minimum atomic E-state index is -1.38. The van der Waals surface area contributed by atoms with Crippen LogP contribution in [0, 0.1) is 24.2 Å². The predicted molar refractivity (Wildman–Crippen MR) is 61.2 cm³/mol. The average molecular weight is 231 g/mol. The maximum atomic E-state index is 11.9. The number of carbonyl (C=O) groups is 2. The molecular formula is C13H13NO3. The van der Waals surface area contributed by atoms with Gasteiger partial charge in [0.1, 0.15) is 0 Å². The molecule has 0 N–H and O–H groups in total. The van der Waals surface area contributed by atoms with E-state index in [0.717, 1.165) is 5.56 Å². The summed E-state index contributed by atoms with van der Waals surface area (Å²) >= 11 is 0. The number of ether oxygens (including phenoxy) is 1. The summed E-state index contributed by atoms with van der Waals surface area (Å²) in [5, 5.41) is 8.84. The molecule has 0 aliphatic rings. The fourth-order valence-corrected chi connectivity index (χ4v) is 1.33. The van der Waals surface area contributed by atoms with E-state index in [-0.39, 0.29) is 6.61 Å². The predicted octanol–water partition coefficient (Wildman–Crippen LogP) is 1.88. The van der Waals surface area contributed by atoms with E-state index in [9.17, 15) is 9.59 Å². The third kappa shape index (κ3) is 3.15. The molecule has 1 unspecified atom stereocenters. The number of aryl methyl sites for hydroxylation is 1. The molecule has 0 saturated heterocycles. The van der Waals surface area contributed by atoms with Crippen molar-refractivity contribution in [1.29, 1.82) is 5.26 Å². The highest BCUT2D eigenvalue weighted by Crippen LogP contribution is 2.11. The zero-order valence-electron chi connectivity index (χ0n) is 9.77. The molecule has 0 radical (unpaired) electrons. The summed E-state index contributed by atoms with van der Waals surface area (Å²) in [7, 11) is 0. The molecule has 0 aliphatic heterocycles. The van der Waals surface area contributed by atoms with Crippen molar-refractivity contribution in [2.24, 2.45) is 5.92 Å². The van der Waals surface area contributed by atoms with Crippen molar-refractivity contribution in [2.45, 2.75) is 13.8 Å². The second kappa shape index (κ2) is 5.80. The molecule has 0 saturated carbocycles. The number of nitriles is 1. The van der Waals surface area contributed by atoms with Crippen LogP contribution in [0.15, 0.2) is 24.3 Å². The summed E-state index contributed by atoms with van der Waals surface area (Å²) in [4.78, 5) is 23.3. The third-order valence-electron chi connectivity index (χ3n) is 2.25. The fourth-order valence-electron chi connectivity index (χ4n) is 1.33. The molecule has 0 aromatic heterocycles. The fraction of sp³-hybridized carbons (Fsp3) is 0.308. The average Bonchev–Trinajstić information content (AvgIpc) is 2.31. The number of carbonyl (C=O) groups excluding carboxylic acids is 2. The van der Waals surface area contributed by atoms with E-state index in [1.165, 1.54) is 0 Å². The van der Waals surface area contributed by atoms with Gasteiger partial charge in [-0.25, -0.2) is 0 Å². The van der Waals surface area contributed by atoms with Crippen molar-refractivity contribution >= 4 is 11.8 Å². The molecule has 0 fully saturated rings. The van der Waals surface area contributed by atoms with Gasteiger partial charge in [-0.05, 0) is 13.8 Å². The van der Waals surface area contributed by atoms with Crippen molar-refractivity contribution in [3.05, 3.63) is 35.4 Å². The molecule has 4 heteroatoms. The van der Waals surface area contributed by atoms with E-state index in [1.807, 2.05) is 6.92 Å². The van der Waals surface area contributed by atoms with E-state index in [4.69, 9.17) is 5.26 Å². The van der Waals surface area contributed by atoms with Crippen LogP contribution in [0.3, 0.4) is 0 Å². The summed E-state index contributed by atoms with van der Waals surface area (Å²) in [6.45, 7) is 3.67. The lowest BCUT2D eigenvalue weighted by molar-refractivity contribution is -0.144. The number of nitrogens with zero attached hydrogens (tertiary/aromatic N) is 1. The molecule has 1 rings (SSSR count). The number of rotatable bonds is 4. The largest absolute Gasteiger partial charge is 0.465 e. The molecule has 1 atom stereocenters. The first-order chi connectivity index (χ1) is 8.10.